The fraction of sp³-hybridized carbons (Fsp3) is 0.148. The number of amides is 2. The molecule has 4 rings (SSSR count). The van der Waals surface area contributed by atoms with Crippen molar-refractivity contribution in [2.75, 3.05) is 13.7 Å². The molecule has 1 saturated heterocycles. The maximum atomic E-state index is 13.0. The number of benzene rings is 3. The van der Waals surface area contributed by atoms with Gasteiger partial charge in [-0.05, 0) is 84.9 Å². The van der Waals surface area contributed by atoms with Gasteiger partial charge in [0.05, 0.1) is 23.6 Å². The third-order valence-electron chi connectivity index (χ3n) is 5.29. The molecule has 0 unspecified atom stereocenters. The van der Waals surface area contributed by atoms with E-state index in [2.05, 4.69) is 5.43 Å². The normalized spacial score (nSPS) is 14.1. The number of carbonyl (C=O) groups excluding carboxylic acids is 2. The summed E-state index contributed by atoms with van der Waals surface area (Å²) in [6.45, 7) is 2.50. The van der Waals surface area contributed by atoms with Crippen LogP contribution in [0.5, 0.6) is 17.2 Å². The second-order valence-electron chi connectivity index (χ2n) is 7.86. The van der Waals surface area contributed by atoms with E-state index >= 15 is 0 Å². The van der Waals surface area contributed by atoms with Gasteiger partial charge in [-0.3, -0.25) is 15.0 Å². The van der Waals surface area contributed by atoms with E-state index in [0.717, 1.165) is 22.3 Å². The van der Waals surface area contributed by atoms with E-state index in [4.69, 9.17) is 49.6 Å². The molecule has 1 heterocycles. The minimum absolute atomic E-state index is 0.196. The van der Waals surface area contributed by atoms with Crippen molar-refractivity contribution in [3.8, 4) is 17.2 Å². The van der Waals surface area contributed by atoms with Crippen LogP contribution in [0, 0.1) is 0 Å². The predicted molar refractivity (Wildman–Crippen MR) is 154 cm³/mol. The third-order valence-corrected chi connectivity index (χ3v) is 7.12. The summed E-state index contributed by atoms with van der Waals surface area (Å²) in [5.41, 5.74) is 4.44. The lowest BCUT2D eigenvalue weighted by atomic mass is 10.1. The molecule has 0 radical (unpaired) electrons. The first-order valence-electron chi connectivity index (χ1n) is 11.4. The van der Waals surface area contributed by atoms with Gasteiger partial charge in [0.2, 0.25) is 0 Å². The van der Waals surface area contributed by atoms with Crippen LogP contribution >= 0.6 is 47.2 Å². The number of ether oxygens (including phenoxy) is 3. The van der Waals surface area contributed by atoms with Gasteiger partial charge in [0, 0.05) is 10.6 Å². The van der Waals surface area contributed by atoms with Crippen LogP contribution in [0.4, 0.5) is 0 Å². The molecule has 0 atom stereocenters. The minimum atomic E-state index is -0.478. The lowest BCUT2D eigenvalue weighted by Crippen LogP contribution is -2.44. The molecule has 2 amide bonds. The molecule has 1 aliphatic rings. The zero-order valence-electron chi connectivity index (χ0n) is 20.3. The highest BCUT2D eigenvalue weighted by Gasteiger charge is 2.34. The first kappa shape index (κ1) is 27.8. The average molecular weight is 590 g/mol. The second kappa shape index (κ2) is 12.5. The molecule has 1 N–H and O–H groups in total. The number of hydrogen-bond acceptors (Lipinski definition) is 7. The van der Waals surface area contributed by atoms with Crippen molar-refractivity contribution in [2.45, 2.75) is 13.5 Å². The van der Waals surface area contributed by atoms with E-state index < -0.39 is 11.8 Å². The Morgan fingerprint density at radius 1 is 1.08 bits per heavy atom. The Morgan fingerprint density at radius 3 is 2.45 bits per heavy atom. The van der Waals surface area contributed by atoms with Crippen molar-refractivity contribution in [1.82, 2.24) is 10.4 Å². The lowest BCUT2D eigenvalue weighted by molar-refractivity contribution is -0.123. The number of nitrogens with zero attached hydrogens (tertiary/aromatic N) is 1. The van der Waals surface area contributed by atoms with Gasteiger partial charge in [-0.2, -0.15) is 5.01 Å². The van der Waals surface area contributed by atoms with Crippen LogP contribution in [-0.4, -0.2) is 34.9 Å². The van der Waals surface area contributed by atoms with E-state index in [1.807, 2.05) is 19.1 Å². The molecule has 38 heavy (non-hydrogen) atoms. The second-order valence-corrected chi connectivity index (χ2v) is 10.4. The Morgan fingerprint density at radius 2 is 1.79 bits per heavy atom. The highest BCUT2D eigenvalue weighted by atomic mass is 35.5. The molecule has 0 bridgehead atoms. The van der Waals surface area contributed by atoms with Crippen LogP contribution in [0.15, 0.2) is 65.6 Å². The highest BCUT2D eigenvalue weighted by molar-refractivity contribution is 8.26. The number of thioether (sulfide) groups is 1. The van der Waals surface area contributed by atoms with Crippen molar-refractivity contribution in [1.29, 1.82) is 0 Å². The molecule has 0 aromatic heterocycles. The van der Waals surface area contributed by atoms with Gasteiger partial charge in [0.25, 0.3) is 11.8 Å². The van der Waals surface area contributed by atoms with E-state index in [1.54, 1.807) is 54.6 Å². The van der Waals surface area contributed by atoms with Crippen molar-refractivity contribution in [3.63, 3.8) is 0 Å². The summed E-state index contributed by atoms with van der Waals surface area (Å²) in [5, 5.41) is 2.00. The molecule has 0 spiro atoms. The molecule has 3 aromatic rings. The maximum Gasteiger partial charge on any atom is 0.285 e. The third kappa shape index (κ3) is 6.60. The summed E-state index contributed by atoms with van der Waals surface area (Å²) >= 11 is 18.9. The summed E-state index contributed by atoms with van der Waals surface area (Å²) in [6, 6.07) is 17.2. The van der Waals surface area contributed by atoms with Crippen LogP contribution in [0.25, 0.3) is 6.08 Å². The summed E-state index contributed by atoms with van der Waals surface area (Å²) in [4.78, 5) is 26.0. The molecular formula is C27H22Cl2N2O5S2. The van der Waals surface area contributed by atoms with Gasteiger partial charge in [0.15, 0.2) is 15.8 Å². The Bertz CT molecular complexity index is 1400. The molecule has 196 valence electrons. The number of hydrogen-bond donors (Lipinski definition) is 1. The maximum absolute atomic E-state index is 13.0. The van der Waals surface area contributed by atoms with Crippen LogP contribution in [0.1, 0.15) is 28.4 Å². The molecule has 0 saturated carbocycles. The van der Waals surface area contributed by atoms with Gasteiger partial charge in [-0.15, -0.1) is 0 Å². The van der Waals surface area contributed by atoms with Crippen molar-refractivity contribution >= 4 is 69.4 Å². The van der Waals surface area contributed by atoms with Gasteiger partial charge in [0.1, 0.15) is 12.4 Å². The molecule has 11 heteroatoms. The predicted octanol–water partition coefficient (Wildman–Crippen LogP) is 6.53. The fourth-order valence-corrected chi connectivity index (χ4v) is 5.01. The quantitative estimate of drug-likeness (QED) is 0.225. The van der Waals surface area contributed by atoms with Crippen molar-refractivity contribution < 1.29 is 23.8 Å². The number of halogens is 2. The summed E-state index contributed by atoms with van der Waals surface area (Å²) in [6.07, 6.45) is 1.64. The minimum Gasteiger partial charge on any atom is -0.497 e. The first-order valence-corrected chi connectivity index (χ1v) is 13.3. The van der Waals surface area contributed by atoms with E-state index in [0.29, 0.717) is 49.9 Å². The van der Waals surface area contributed by atoms with Gasteiger partial charge in [-0.25, -0.2) is 0 Å². The zero-order chi connectivity index (χ0) is 27.2. The van der Waals surface area contributed by atoms with Crippen molar-refractivity contribution in [3.05, 3.63) is 92.3 Å². The Labute approximate surface area is 239 Å². The largest absolute Gasteiger partial charge is 0.497 e. The number of methoxy groups -OCH3 is 1. The lowest BCUT2D eigenvalue weighted by Gasteiger charge is -2.16. The van der Waals surface area contributed by atoms with E-state index in [1.165, 1.54) is 7.11 Å². The average Bonchev–Trinajstić information content (AvgIpc) is 3.16. The standard InChI is InChI=1S/C27H22Cl2N2O5S2/c1-3-35-22-13-17(12-21(29)24(22)36-15-16-4-8-19(28)9-5-16)14-23-26(33)31(27(37)38-23)30-25(32)18-6-10-20(34-2)11-7-18/h4-14H,3,15H2,1-2H3,(H,30,32)/b23-14+. The van der Waals surface area contributed by atoms with Crippen LogP contribution in [-0.2, 0) is 11.4 Å². The first-order chi connectivity index (χ1) is 18.3. The topological polar surface area (TPSA) is 77.1 Å². The molecule has 3 aromatic carbocycles. The van der Waals surface area contributed by atoms with Crippen LogP contribution in [0.2, 0.25) is 10.0 Å². The SMILES string of the molecule is CCOc1cc(/C=C2/SC(=S)N(NC(=O)c3ccc(OC)cc3)C2=O)cc(Cl)c1OCc1ccc(Cl)cc1. The van der Waals surface area contributed by atoms with Gasteiger partial charge >= 0.3 is 0 Å². The van der Waals surface area contributed by atoms with Gasteiger partial charge in [-0.1, -0.05) is 47.1 Å². The molecule has 1 fully saturated rings. The van der Waals surface area contributed by atoms with Gasteiger partial charge < -0.3 is 14.2 Å². The molecular weight excluding hydrogens is 567 g/mol. The number of rotatable bonds is 9. The monoisotopic (exact) mass is 588 g/mol. The zero-order valence-corrected chi connectivity index (χ0v) is 23.5. The van der Waals surface area contributed by atoms with E-state index in [9.17, 15) is 9.59 Å². The summed E-state index contributed by atoms with van der Waals surface area (Å²) in [7, 11) is 1.54. The Balaban J connectivity index is 1.51. The molecule has 1 aliphatic heterocycles. The molecule has 7 nitrogen and oxygen atoms in total. The fourth-order valence-electron chi connectivity index (χ4n) is 3.43. The van der Waals surface area contributed by atoms with Crippen LogP contribution < -0.4 is 19.6 Å². The molecule has 0 aliphatic carbocycles. The number of thiocarbonyl (C=S) groups is 1. The van der Waals surface area contributed by atoms with Crippen LogP contribution in [0.3, 0.4) is 0 Å². The number of carbonyl (C=O) groups is 2. The van der Waals surface area contributed by atoms with E-state index in [-0.39, 0.29) is 10.9 Å². The highest BCUT2D eigenvalue weighted by Crippen LogP contribution is 2.39. The van der Waals surface area contributed by atoms with Crippen molar-refractivity contribution in [2.24, 2.45) is 0 Å². The number of nitrogens with one attached hydrogen (secondary N) is 1. The number of hydrazine groups is 1. The Hall–Kier alpha value is -3.24. The summed E-state index contributed by atoms with van der Waals surface area (Å²) in [5.74, 6) is 0.498. The Kier molecular flexibility index (Phi) is 9.17. The summed E-state index contributed by atoms with van der Waals surface area (Å²) < 4.78 is 17.0. The smallest absolute Gasteiger partial charge is 0.285 e.